The quantitative estimate of drug-likeness (QED) is 0.812. The summed E-state index contributed by atoms with van der Waals surface area (Å²) in [4.78, 5) is 2.98. The molecule has 0 saturated heterocycles. The molecule has 1 aromatic heterocycles. The zero-order valence-corrected chi connectivity index (χ0v) is 13.0. The molecule has 0 bridgehead atoms. The van der Waals surface area contributed by atoms with Gasteiger partial charge in [0.2, 0.25) is 0 Å². The summed E-state index contributed by atoms with van der Waals surface area (Å²) >= 11 is 13.0. The Hall–Kier alpha value is -1.10. The molecule has 0 aliphatic rings. The zero-order chi connectivity index (χ0) is 13.8. The molecular weight excluding hydrogens is 296 g/mol. The van der Waals surface area contributed by atoms with Crippen LogP contribution in [0.4, 0.5) is 5.69 Å². The summed E-state index contributed by atoms with van der Waals surface area (Å²) in [5, 5.41) is 3.93. The van der Waals surface area contributed by atoms with Gasteiger partial charge in [-0.2, -0.15) is 0 Å². The number of anilines is 1. The van der Waals surface area contributed by atoms with Crippen LogP contribution in [0, 0.1) is 0 Å². The summed E-state index contributed by atoms with van der Waals surface area (Å²) in [5.41, 5.74) is 7.31. The van der Waals surface area contributed by atoms with Crippen molar-refractivity contribution in [2.75, 3.05) is 5.32 Å². The summed E-state index contributed by atoms with van der Waals surface area (Å²) in [7, 11) is 0. The van der Waals surface area contributed by atoms with Crippen molar-refractivity contribution in [1.29, 1.82) is 0 Å². The number of nitrogens with one attached hydrogen (secondary N) is 1. The minimum Gasteiger partial charge on any atom is -0.389 e. The Morgan fingerprint density at radius 1 is 1.32 bits per heavy atom. The number of nitrogens with two attached hydrogens (primary N) is 1. The molecule has 0 saturated carbocycles. The summed E-state index contributed by atoms with van der Waals surface area (Å²) in [6, 6.07) is 9.92. The van der Waals surface area contributed by atoms with Crippen molar-refractivity contribution < 1.29 is 0 Å². The van der Waals surface area contributed by atoms with Gasteiger partial charge < -0.3 is 11.1 Å². The van der Waals surface area contributed by atoms with Gasteiger partial charge in [0.1, 0.15) is 4.99 Å². The molecule has 1 heterocycles. The van der Waals surface area contributed by atoms with Gasteiger partial charge in [-0.3, -0.25) is 0 Å². The van der Waals surface area contributed by atoms with E-state index in [1.54, 1.807) is 6.07 Å². The van der Waals surface area contributed by atoms with Crippen LogP contribution in [0.5, 0.6) is 0 Å². The molecule has 1 aromatic carbocycles. The van der Waals surface area contributed by atoms with Crippen molar-refractivity contribution in [3.63, 3.8) is 0 Å². The number of halogens is 1. The third-order valence-corrected chi connectivity index (χ3v) is 4.53. The predicted molar refractivity (Wildman–Crippen MR) is 88.4 cm³/mol. The van der Waals surface area contributed by atoms with E-state index in [1.807, 2.05) is 23.5 Å². The molecule has 2 aromatic rings. The van der Waals surface area contributed by atoms with Crippen molar-refractivity contribution in [2.24, 2.45) is 5.73 Å². The first-order chi connectivity index (χ1) is 9.11. The number of thiocarbonyl (C=S) groups is 1. The molecule has 0 fully saturated rings. The first-order valence-corrected chi connectivity index (χ1v) is 7.62. The van der Waals surface area contributed by atoms with Gasteiger partial charge >= 0.3 is 0 Å². The summed E-state index contributed by atoms with van der Waals surface area (Å²) in [5.74, 6) is 0. The predicted octanol–water partition coefficient (Wildman–Crippen LogP) is 4.21. The van der Waals surface area contributed by atoms with Crippen LogP contribution in [0.2, 0.25) is 5.02 Å². The molecule has 0 radical (unpaired) electrons. The SMILES string of the molecule is CCc1ccc(CNc2cccc(Cl)c2C(N)=S)s1. The minimum absolute atomic E-state index is 0.313. The summed E-state index contributed by atoms with van der Waals surface area (Å²) < 4.78 is 0. The molecule has 0 amide bonds. The van der Waals surface area contributed by atoms with Crippen molar-refractivity contribution in [1.82, 2.24) is 0 Å². The van der Waals surface area contributed by atoms with E-state index in [-0.39, 0.29) is 0 Å². The van der Waals surface area contributed by atoms with E-state index in [1.165, 1.54) is 9.75 Å². The normalized spacial score (nSPS) is 10.4. The fraction of sp³-hybridized carbons (Fsp3) is 0.214. The monoisotopic (exact) mass is 310 g/mol. The largest absolute Gasteiger partial charge is 0.389 e. The molecule has 100 valence electrons. The highest BCUT2D eigenvalue weighted by molar-refractivity contribution is 7.80. The van der Waals surface area contributed by atoms with E-state index >= 15 is 0 Å². The number of thiophene rings is 1. The third kappa shape index (κ3) is 3.47. The molecule has 19 heavy (non-hydrogen) atoms. The number of rotatable bonds is 5. The van der Waals surface area contributed by atoms with Crippen LogP contribution in [0.3, 0.4) is 0 Å². The molecule has 0 spiro atoms. The molecule has 0 atom stereocenters. The smallest absolute Gasteiger partial charge is 0.107 e. The average Bonchev–Trinajstić information content (AvgIpc) is 2.83. The van der Waals surface area contributed by atoms with Crippen molar-refractivity contribution in [3.05, 3.63) is 50.7 Å². The van der Waals surface area contributed by atoms with Gasteiger partial charge in [0, 0.05) is 22.0 Å². The number of hydrogen-bond donors (Lipinski definition) is 2. The molecular formula is C14H15ClN2S2. The molecule has 5 heteroatoms. The standard InChI is InChI=1S/C14H15ClN2S2/c1-2-9-6-7-10(19-9)8-17-12-5-3-4-11(15)13(12)14(16)18/h3-7,17H,2,8H2,1H3,(H2,16,18). The maximum Gasteiger partial charge on any atom is 0.107 e. The Morgan fingerprint density at radius 2 is 2.05 bits per heavy atom. The van der Waals surface area contributed by atoms with Gasteiger partial charge in [-0.1, -0.05) is 36.8 Å². The summed E-state index contributed by atoms with van der Waals surface area (Å²) in [6.45, 7) is 2.91. The van der Waals surface area contributed by atoms with Crippen LogP contribution in [0.15, 0.2) is 30.3 Å². The molecule has 2 nitrogen and oxygen atoms in total. The summed E-state index contributed by atoms with van der Waals surface area (Å²) in [6.07, 6.45) is 1.07. The first-order valence-electron chi connectivity index (χ1n) is 6.01. The lowest BCUT2D eigenvalue weighted by atomic mass is 10.1. The van der Waals surface area contributed by atoms with Crippen LogP contribution >= 0.6 is 35.2 Å². The van der Waals surface area contributed by atoms with E-state index in [0.29, 0.717) is 15.6 Å². The molecule has 0 aliphatic heterocycles. The molecule has 0 unspecified atom stereocenters. The average molecular weight is 311 g/mol. The number of aryl methyl sites for hydroxylation is 1. The Balaban J connectivity index is 2.15. The van der Waals surface area contributed by atoms with Gasteiger partial charge in [-0.05, 0) is 30.7 Å². The van der Waals surface area contributed by atoms with E-state index in [9.17, 15) is 0 Å². The second kappa shape index (κ2) is 6.37. The van der Waals surface area contributed by atoms with Gasteiger partial charge in [-0.25, -0.2) is 0 Å². The van der Waals surface area contributed by atoms with Crippen LogP contribution < -0.4 is 11.1 Å². The lowest BCUT2D eigenvalue weighted by Crippen LogP contribution is -2.13. The minimum atomic E-state index is 0.313. The lowest BCUT2D eigenvalue weighted by Gasteiger charge is -2.11. The van der Waals surface area contributed by atoms with Crippen LogP contribution in [-0.4, -0.2) is 4.99 Å². The maximum absolute atomic E-state index is 6.13. The van der Waals surface area contributed by atoms with Crippen LogP contribution in [0.1, 0.15) is 22.2 Å². The zero-order valence-electron chi connectivity index (χ0n) is 10.6. The van der Waals surface area contributed by atoms with Gasteiger partial charge in [-0.15, -0.1) is 11.3 Å². The van der Waals surface area contributed by atoms with Crippen molar-refractivity contribution >= 4 is 45.8 Å². The fourth-order valence-corrected chi connectivity index (χ4v) is 3.26. The number of hydrogen-bond acceptors (Lipinski definition) is 3. The lowest BCUT2D eigenvalue weighted by molar-refractivity contribution is 1.19. The van der Waals surface area contributed by atoms with Crippen LogP contribution in [0.25, 0.3) is 0 Å². The van der Waals surface area contributed by atoms with E-state index in [0.717, 1.165) is 18.7 Å². The van der Waals surface area contributed by atoms with Crippen molar-refractivity contribution in [3.8, 4) is 0 Å². The van der Waals surface area contributed by atoms with E-state index < -0.39 is 0 Å². The highest BCUT2D eigenvalue weighted by Gasteiger charge is 2.09. The Bertz CT molecular complexity index is 593. The Labute approximate surface area is 127 Å². The molecule has 3 N–H and O–H groups in total. The Kier molecular flexibility index (Phi) is 4.80. The second-order valence-corrected chi connectivity index (χ2v) is 6.20. The fourth-order valence-electron chi connectivity index (χ4n) is 1.81. The highest BCUT2D eigenvalue weighted by atomic mass is 35.5. The first kappa shape index (κ1) is 14.3. The molecule has 0 aliphatic carbocycles. The van der Waals surface area contributed by atoms with E-state index in [4.69, 9.17) is 29.6 Å². The Morgan fingerprint density at radius 3 is 2.68 bits per heavy atom. The van der Waals surface area contributed by atoms with Crippen LogP contribution in [-0.2, 0) is 13.0 Å². The third-order valence-electron chi connectivity index (χ3n) is 2.78. The molecule has 2 rings (SSSR count). The van der Waals surface area contributed by atoms with Gasteiger partial charge in [0.15, 0.2) is 0 Å². The topological polar surface area (TPSA) is 38.0 Å². The number of benzene rings is 1. The van der Waals surface area contributed by atoms with Gasteiger partial charge in [0.05, 0.1) is 10.6 Å². The second-order valence-electron chi connectivity index (χ2n) is 4.10. The highest BCUT2D eigenvalue weighted by Crippen LogP contribution is 2.25. The van der Waals surface area contributed by atoms with Crippen molar-refractivity contribution in [2.45, 2.75) is 19.9 Å². The maximum atomic E-state index is 6.13. The van der Waals surface area contributed by atoms with E-state index in [2.05, 4.69) is 24.4 Å². The van der Waals surface area contributed by atoms with Gasteiger partial charge in [0.25, 0.3) is 0 Å².